The lowest BCUT2D eigenvalue weighted by molar-refractivity contribution is -0.116. The van der Waals surface area contributed by atoms with Gasteiger partial charge < -0.3 is 16.4 Å². The molecule has 0 unspecified atom stereocenters. The lowest BCUT2D eigenvalue weighted by atomic mass is 10.1. The Balaban J connectivity index is 1.91. The van der Waals surface area contributed by atoms with Crippen LogP contribution >= 0.6 is 0 Å². The smallest absolute Gasteiger partial charge is 0.238 e. The van der Waals surface area contributed by atoms with Crippen LogP contribution in [0.1, 0.15) is 23.1 Å². The highest BCUT2D eigenvalue weighted by Crippen LogP contribution is 2.20. The number of nitrogens with two attached hydrogens (primary N) is 1. The fourth-order valence-corrected chi connectivity index (χ4v) is 2.32. The second kappa shape index (κ2) is 8.26. The van der Waals surface area contributed by atoms with Crippen LogP contribution in [0.3, 0.4) is 0 Å². The molecule has 2 aromatic carbocycles. The Kier molecular flexibility index (Phi) is 6.09. The maximum absolute atomic E-state index is 12.1. The van der Waals surface area contributed by atoms with Gasteiger partial charge in [-0.15, -0.1) is 0 Å². The molecular formula is C19H23N3O2. The Morgan fingerprint density at radius 2 is 1.67 bits per heavy atom. The molecule has 0 fully saturated rings. The van der Waals surface area contributed by atoms with Crippen molar-refractivity contribution in [3.05, 3.63) is 59.2 Å². The first kappa shape index (κ1) is 17.7. The number of anilines is 2. The van der Waals surface area contributed by atoms with Gasteiger partial charge >= 0.3 is 0 Å². The second-order valence-electron chi connectivity index (χ2n) is 5.82. The molecule has 4 N–H and O–H groups in total. The molecule has 0 spiro atoms. The number of carbonyl (C=O) groups excluding carboxylic acids is 2. The molecular weight excluding hydrogens is 302 g/mol. The minimum absolute atomic E-state index is 0.0302. The van der Waals surface area contributed by atoms with E-state index in [1.807, 2.05) is 44.2 Å². The summed E-state index contributed by atoms with van der Waals surface area (Å²) in [5.41, 5.74) is 9.92. The molecule has 0 aliphatic carbocycles. The number of aryl methyl sites for hydroxylation is 3. The van der Waals surface area contributed by atoms with Gasteiger partial charge in [0.2, 0.25) is 11.8 Å². The van der Waals surface area contributed by atoms with Crippen molar-refractivity contribution in [1.82, 2.24) is 0 Å². The van der Waals surface area contributed by atoms with E-state index < -0.39 is 0 Å². The molecule has 0 radical (unpaired) electrons. The Bertz CT molecular complexity index is 724. The van der Waals surface area contributed by atoms with Crippen molar-refractivity contribution in [3.8, 4) is 0 Å². The van der Waals surface area contributed by atoms with Crippen LogP contribution in [-0.2, 0) is 16.0 Å². The summed E-state index contributed by atoms with van der Waals surface area (Å²) >= 11 is 0. The van der Waals surface area contributed by atoms with Gasteiger partial charge in [-0.1, -0.05) is 29.8 Å². The maximum atomic E-state index is 12.1. The van der Waals surface area contributed by atoms with Gasteiger partial charge in [0.25, 0.3) is 0 Å². The summed E-state index contributed by atoms with van der Waals surface area (Å²) in [5.74, 6) is -0.276. The molecule has 0 bridgehead atoms. The molecule has 0 aliphatic rings. The Hall–Kier alpha value is -2.66. The molecule has 5 nitrogen and oxygen atoms in total. The summed E-state index contributed by atoms with van der Waals surface area (Å²) in [6, 6.07) is 13.5. The Morgan fingerprint density at radius 3 is 2.29 bits per heavy atom. The molecule has 2 aromatic rings. The van der Waals surface area contributed by atoms with E-state index in [1.165, 1.54) is 5.56 Å². The van der Waals surface area contributed by atoms with Crippen molar-refractivity contribution in [2.45, 2.75) is 26.7 Å². The number of hydrogen-bond acceptors (Lipinski definition) is 3. The van der Waals surface area contributed by atoms with Crippen LogP contribution in [-0.4, -0.2) is 18.4 Å². The first-order valence-corrected chi connectivity index (χ1v) is 7.94. The van der Waals surface area contributed by atoms with Gasteiger partial charge in [-0.2, -0.15) is 0 Å². The Morgan fingerprint density at radius 1 is 0.958 bits per heavy atom. The summed E-state index contributed by atoms with van der Waals surface area (Å²) in [6.07, 6.45) is 1.13. The first-order valence-electron chi connectivity index (χ1n) is 7.94. The molecule has 0 saturated carbocycles. The van der Waals surface area contributed by atoms with Crippen molar-refractivity contribution in [2.75, 3.05) is 17.2 Å². The van der Waals surface area contributed by atoms with Gasteiger partial charge in [0.15, 0.2) is 0 Å². The topological polar surface area (TPSA) is 84.2 Å². The SMILES string of the molecule is Cc1ccc(CCC(=O)Nc2ccc(NC(=O)CN)cc2C)cc1. The van der Waals surface area contributed by atoms with Crippen LogP contribution in [0.5, 0.6) is 0 Å². The Labute approximate surface area is 142 Å². The third kappa shape index (κ3) is 5.21. The molecule has 2 rings (SSSR count). The number of rotatable bonds is 6. The maximum Gasteiger partial charge on any atom is 0.238 e. The van der Waals surface area contributed by atoms with Gasteiger partial charge in [0, 0.05) is 17.8 Å². The highest BCUT2D eigenvalue weighted by molar-refractivity contribution is 5.94. The van der Waals surface area contributed by atoms with Crippen molar-refractivity contribution in [1.29, 1.82) is 0 Å². The summed E-state index contributed by atoms with van der Waals surface area (Å²) in [6.45, 7) is 3.86. The van der Waals surface area contributed by atoms with E-state index in [1.54, 1.807) is 12.1 Å². The predicted octanol–water partition coefficient (Wildman–Crippen LogP) is 2.77. The van der Waals surface area contributed by atoms with Crippen LogP contribution in [0, 0.1) is 13.8 Å². The highest BCUT2D eigenvalue weighted by atomic mass is 16.2. The molecule has 0 saturated heterocycles. The second-order valence-corrected chi connectivity index (χ2v) is 5.82. The minimum atomic E-state index is -0.246. The monoisotopic (exact) mass is 325 g/mol. The van der Waals surface area contributed by atoms with E-state index >= 15 is 0 Å². The van der Waals surface area contributed by atoms with E-state index in [4.69, 9.17) is 5.73 Å². The van der Waals surface area contributed by atoms with E-state index in [-0.39, 0.29) is 18.4 Å². The number of hydrogen-bond donors (Lipinski definition) is 3. The van der Waals surface area contributed by atoms with Crippen LogP contribution in [0.15, 0.2) is 42.5 Å². The molecule has 0 heterocycles. The quantitative estimate of drug-likeness (QED) is 0.763. The highest BCUT2D eigenvalue weighted by Gasteiger charge is 2.07. The predicted molar refractivity (Wildman–Crippen MR) is 97.0 cm³/mol. The van der Waals surface area contributed by atoms with Crippen molar-refractivity contribution < 1.29 is 9.59 Å². The molecule has 24 heavy (non-hydrogen) atoms. The van der Waals surface area contributed by atoms with Gasteiger partial charge in [0.1, 0.15) is 0 Å². The van der Waals surface area contributed by atoms with E-state index in [0.717, 1.165) is 16.8 Å². The standard InChI is InChI=1S/C19H23N3O2/c1-13-3-5-15(6-4-13)7-10-18(23)22-17-9-8-16(11-14(17)2)21-19(24)12-20/h3-6,8-9,11H,7,10,12,20H2,1-2H3,(H,21,24)(H,22,23). The fourth-order valence-electron chi connectivity index (χ4n) is 2.32. The third-order valence-electron chi connectivity index (χ3n) is 3.73. The lowest BCUT2D eigenvalue weighted by Crippen LogP contribution is -2.22. The average molecular weight is 325 g/mol. The normalized spacial score (nSPS) is 10.3. The van der Waals surface area contributed by atoms with Crippen LogP contribution in [0.25, 0.3) is 0 Å². The fraction of sp³-hybridized carbons (Fsp3) is 0.263. The number of carbonyl (C=O) groups is 2. The van der Waals surface area contributed by atoms with E-state index in [0.29, 0.717) is 18.5 Å². The zero-order valence-electron chi connectivity index (χ0n) is 14.1. The lowest BCUT2D eigenvalue weighted by Gasteiger charge is -2.11. The number of nitrogens with one attached hydrogen (secondary N) is 2. The van der Waals surface area contributed by atoms with E-state index in [2.05, 4.69) is 10.6 Å². The molecule has 0 aliphatic heterocycles. The summed E-state index contributed by atoms with van der Waals surface area (Å²) in [4.78, 5) is 23.4. The molecule has 5 heteroatoms. The number of amides is 2. The molecule has 0 aromatic heterocycles. The van der Waals surface area contributed by atoms with Gasteiger partial charge in [0.05, 0.1) is 6.54 Å². The zero-order valence-corrected chi connectivity index (χ0v) is 14.1. The van der Waals surface area contributed by atoms with Crippen molar-refractivity contribution in [2.24, 2.45) is 5.73 Å². The van der Waals surface area contributed by atoms with E-state index in [9.17, 15) is 9.59 Å². The molecule has 0 atom stereocenters. The summed E-state index contributed by atoms with van der Waals surface area (Å²) in [5, 5.41) is 5.60. The van der Waals surface area contributed by atoms with Gasteiger partial charge in [-0.05, 0) is 49.6 Å². The largest absolute Gasteiger partial charge is 0.326 e. The third-order valence-corrected chi connectivity index (χ3v) is 3.73. The van der Waals surface area contributed by atoms with Crippen LogP contribution in [0.2, 0.25) is 0 Å². The molecule has 126 valence electrons. The minimum Gasteiger partial charge on any atom is -0.326 e. The summed E-state index contributed by atoms with van der Waals surface area (Å²) in [7, 11) is 0. The van der Waals surface area contributed by atoms with Crippen LogP contribution in [0.4, 0.5) is 11.4 Å². The van der Waals surface area contributed by atoms with Gasteiger partial charge in [-0.25, -0.2) is 0 Å². The zero-order chi connectivity index (χ0) is 17.5. The van der Waals surface area contributed by atoms with Crippen LogP contribution < -0.4 is 16.4 Å². The molecule has 2 amide bonds. The number of benzene rings is 2. The first-order chi connectivity index (χ1) is 11.5. The average Bonchev–Trinajstić information content (AvgIpc) is 2.56. The summed E-state index contributed by atoms with van der Waals surface area (Å²) < 4.78 is 0. The van der Waals surface area contributed by atoms with Crippen molar-refractivity contribution in [3.63, 3.8) is 0 Å². The van der Waals surface area contributed by atoms with Gasteiger partial charge in [-0.3, -0.25) is 9.59 Å². The van der Waals surface area contributed by atoms with Crippen molar-refractivity contribution >= 4 is 23.2 Å².